The van der Waals surface area contributed by atoms with Crippen molar-refractivity contribution in [3.8, 4) is 5.75 Å². The second-order valence-corrected chi connectivity index (χ2v) is 14.3. The van der Waals surface area contributed by atoms with Crippen molar-refractivity contribution in [3.05, 3.63) is 76.8 Å². The number of hydrogen-bond acceptors (Lipinski definition) is 8. The molecule has 4 aromatic rings. The molecule has 0 atom stereocenters. The average Bonchev–Trinajstić information content (AvgIpc) is 3.06. The monoisotopic (exact) mass is 805 g/mol. The third-order valence-corrected chi connectivity index (χ3v) is 9.93. The summed E-state index contributed by atoms with van der Waals surface area (Å²) in [5.41, 5.74) is 3.02. The van der Waals surface area contributed by atoms with E-state index in [0.717, 1.165) is 60.8 Å². The normalized spacial score (nSPS) is 16.5. The molecule has 4 N–H and O–H groups in total. The molecule has 0 radical (unpaired) electrons. The van der Waals surface area contributed by atoms with E-state index in [9.17, 15) is 34.8 Å². The summed E-state index contributed by atoms with van der Waals surface area (Å²) < 4.78 is 103. The Hall–Kier alpha value is -4.16. The average molecular weight is 807 g/mol. The minimum Gasteiger partial charge on any atom is -0.475 e. The van der Waals surface area contributed by atoms with Gasteiger partial charge in [0.25, 0.3) is 0 Å². The van der Waals surface area contributed by atoms with Crippen molar-refractivity contribution in [3.63, 3.8) is 0 Å². The van der Waals surface area contributed by atoms with E-state index in [-0.39, 0.29) is 16.9 Å². The molecular formula is C33H34BrF6N5O5S. The maximum atomic E-state index is 12.9. The van der Waals surface area contributed by atoms with E-state index < -0.39 is 39.2 Å². The molecule has 1 saturated carbocycles. The van der Waals surface area contributed by atoms with Gasteiger partial charge in [0.05, 0.1) is 5.52 Å². The van der Waals surface area contributed by atoms with Gasteiger partial charge in [-0.2, -0.15) is 18.2 Å². The van der Waals surface area contributed by atoms with Crippen LogP contribution in [0.5, 0.6) is 5.75 Å². The van der Waals surface area contributed by atoms with E-state index >= 15 is 0 Å². The highest BCUT2D eigenvalue weighted by Crippen LogP contribution is 2.34. The summed E-state index contributed by atoms with van der Waals surface area (Å²) in [4.78, 5) is 17.8. The number of para-hydroxylation sites is 1. The molecule has 0 amide bonds. The van der Waals surface area contributed by atoms with Gasteiger partial charge in [0.15, 0.2) is 5.75 Å². The summed E-state index contributed by atoms with van der Waals surface area (Å²) in [6, 6.07) is 19.5. The van der Waals surface area contributed by atoms with Gasteiger partial charge in [-0.3, -0.25) is 0 Å². The molecule has 0 saturated heterocycles. The quantitative estimate of drug-likeness (QED) is 0.110. The van der Waals surface area contributed by atoms with Crippen LogP contribution in [0.1, 0.15) is 38.2 Å². The molecule has 0 unspecified atom stereocenters. The third kappa shape index (κ3) is 12.0. The molecule has 1 aliphatic rings. The molecule has 0 spiro atoms. The Morgan fingerprint density at radius 3 is 2.12 bits per heavy atom. The number of carboxylic acid groups (broad SMARTS) is 1. The van der Waals surface area contributed by atoms with Crippen LogP contribution in [0, 0.1) is 11.8 Å². The Kier molecular flexibility index (Phi) is 13.1. The second-order valence-electron chi connectivity index (χ2n) is 11.6. The number of aryl methyl sites for hydroxylation is 1. The number of rotatable bonds is 11. The maximum absolute atomic E-state index is 12.9. The number of nitrogens with zero attached hydrogens (tertiary/aromatic N) is 2. The summed E-state index contributed by atoms with van der Waals surface area (Å²) in [5, 5.41) is 14.9. The highest BCUT2D eigenvalue weighted by molar-refractivity contribution is 9.10. The highest BCUT2D eigenvalue weighted by atomic mass is 79.9. The number of anilines is 3. The molecule has 5 rings (SSSR count). The van der Waals surface area contributed by atoms with Gasteiger partial charge in [-0.05, 0) is 92.0 Å². The molecule has 276 valence electrons. The zero-order valence-electron chi connectivity index (χ0n) is 27.0. The SMILES string of the molecule is CCc1ccc(Nc2nc(NCC3CCC(CNS(=O)(=O)c4ccc(Br)cc4OC(F)(F)F)CC3)nc3ccccc23)cc1.O=C(O)C(F)(F)F. The smallest absolute Gasteiger partial charge is 0.475 e. The van der Waals surface area contributed by atoms with Crippen LogP contribution in [-0.4, -0.2) is 55.1 Å². The van der Waals surface area contributed by atoms with Gasteiger partial charge >= 0.3 is 18.5 Å². The molecule has 10 nitrogen and oxygen atoms in total. The topological polar surface area (TPSA) is 143 Å². The lowest BCUT2D eigenvalue weighted by atomic mass is 9.82. The Bertz CT molecular complexity index is 1910. The van der Waals surface area contributed by atoms with Gasteiger partial charge < -0.3 is 20.5 Å². The standard InChI is InChI=1S/C31H33BrF3N5O3S.C2HF3O2/c1-2-20-11-14-24(15-12-20)38-29-25-5-3-4-6-26(25)39-30(40-29)36-18-21-7-9-22(10-8-21)19-37-44(41,42)28-16-13-23(32)17-27(28)43-31(33,34)35;3-2(4,5)1(6)7/h3-6,11-17,21-22,37H,2,7-10,18-19H2,1H3,(H2,36,38,39,40);(H,6,7). The van der Waals surface area contributed by atoms with E-state index in [1.807, 2.05) is 36.4 Å². The zero-order chi connectivity index (χ0) is 37.4. The summed E-state index contributed by atoms with van der Waals surface area (Å²) in [6.45, 7) is 2.91. The first-order valence-corrected chi connectivity index (χ1v) is 17.9. The van der Waals surface area contributed by atoms with Gasteiger partial charge in [-0.15, -0.1) is 13.2 Å². The number of alkyl halides is 6. The van der Waals surface area contributed by atoms with Crippen molar-refractivity contribution in [2.45, 2.75) is 56.5 Å². The predicted octanol–water partition coefficient (Wildman–Crippen LogP) is 8.43. The number of fused-ring (bicyclic) bond motifs is 1. The molecule has 51 heavy (non-hydrogen) atoms. The number of carboxylic acids is 1. The number of halogens is 7. The van der Waals surface area contributed by atoms with Crippen LogP contribution < -0.4 is 20.1 Å². The van der Waals surface area contributed by atoms with E-state index in [2.05, 4.69) is 55.1 Å². The van der Waals surface area contributed by atoms with E-state index in [0.29, 0.717) is 24.2 Å². The Balaban J connectivity index is 0.000000755. The largest absolute Gasteiger partial charge is 0.573 e. The van der Waals surface area contributed by atoms with Crippen molar-refractivity contribution in [2.75, 3.05) is 23.7 Å². The molecule has 0 bridgehead atoms. The minimum atomic E-state index is -5.08. The molecule has 1 aliphatic carbocycles. The summed E-state index contributed by atoms with van der Waals surface area (Å²) in [6.07, 6.45) is -5.85. The fourth-order valence-corrected chi connectivity index (χ4v) is 6.86. The summed E-state index contributed by atoms with van der Waals surface area (Å²) >= 11 is 3.06. The van der Waals surface area contributed by atoms with Gasteiger partial charge in [-0.25, -0.2) is 22.9 Å². The van der Waals surface area contributed by atoms with E-state index in [1.165, 1.54) is 11.6 Å². The first-order valence-electron chi connectivity index (χ1n) is 15.6. The number of carbonyl (C=O) groups is 1. The van der Waals surface area contributed by atoms with Crippen LogP contribution in [-0.2, 0) is 21.2 Å². The number of aromatic nitrogens is 2. The highest BCUT2D eigenvalue weighted by Gasteiger charge is 2.38. The second kappa shape index (κ2) is 16.9. The van der Waals surface area contributed by atoms with Crippen LogP contribution in [0.3, 0.4) is 0 Å². The van der Waals surface area contributed by atoms with Crippen molar-refractivity contribution in [1.82, 2.24) is 14.7 Å². The van der Waals surface area contributed by atoms with Crippen molar-refractivity contribution < 1.29 is 49.4 Å². The molecule has 1 aromatic heterocycles. The van der Waals surface area contributed by atoms with E-state index in [1.54, 1.807) is 0 Å². The summed E-state index contributed by atoms with van der Waals surface area (Å²) in [7, 11) is -4.22. The number of ether oxygens (including phenoxy) is 1. The first-order chi connectivity index (χ1) is 23.9. The first kappa shape index (κ1) is 39.6. The van der Waals surface area contributed by atoms with Gasteiger partial charge in [-0.1, -0.05) is 47.1 Å². The zero-order valence-corrected chi connectivity index (χ0v) is 29.4. The lowest BCUT2D eigenvalue weighted by Crippen LogP contribution is -2.33. The van der Waals surface area contributed by atoms with Crippen LogP contribution in [0.2, 0.25) is 0 Å². The van der Waals surface area contributed by atoms with Gasteiger partial charge in [0, 0.05) is 28.6 Å². The summed E-state index contributed by atoms with van der Waals surface area (Å²) in [5.74, 6) is -1.89. The fourth-order valence-electron chi connectivity index (χ4n) is 5.30. The van der Waals surface area contributed by atoms with Crippen LogP contribution in [0.25, 0.3) is 10.9 Å². The van der Waals surface area contributed by atoms with Crippen molar-refractivity contribution in [1.29, 1.82) is 0 Å². The lowest BCUT2D eigenvalue weighted by molar-refractivity contribution is -0.275. The molecule has 1 heterocycles. The van der Waals surface area contributed by atoms with Crippen LogP contribution in [0.4, 0.5) is 43.8 Å². The van der Waals surface area contributed by atoms with E-state index in [4.69, 9.17) is 19.9 Å². The maximum Gasteiger partial charge on any atom is 0.573 e. The molecule has 0 aliphatic heterocycles. The van der Waals surface area contributed by atoms with Crippen LogP contribution in [0.15, 0.2) is 76.1 Å². The predicted molar refractivity (Wildman–Crippen MR) is 182 cm³/mol. The van der Waals surface area contributed by atoms with Crippen molar-refractivity contribution >= 4 is 60.3 Å². The number of aliphatic carboxylic acids is 1. The molecule has 18 heteroatoms. The molecule has 3 aromatic carbocycles. The minimum absolute atomic E-state index is 0.0651. The van der Waals surface area contributed by atoms with Crippen molar-refractivity contribution in [2.24, 2.45) is 11.8 Å². The Morgan fingerprint density at radius 1 is 0.922 bits per heavy atom. The number of hydrogen-bond donors (Lipinski definition) is 4. The van der Waals surface area contributed by atoms with Gasteiger partial charge in [0.2, 0.25) is 16.0 Å². The third-order valence-electron chi connectivity index (χ3n) is 7.97. The van der Waals surface area contributed by atoms with Crippen LogP contribution >= 0.6 is 15.9 Å². The van der Waals surface area contributed by atoms with Gasteiger partial charge in [0.1, 0.15) is 10.7 Å². The number of nitrogens with one attached hydrogen (secondary N) is 3. The number of benzene rings is 3. The Labute approximate surface area is 298 Å². The Morgan fingerprint density at radius 2 is 1.53 bits per heavy atom. The molecule has 1 fully saturated rings. The molecular weight excluding hydrogens is 772 g/mol. The number of sulfonamides is 1. The lowest BCUT2D eigenvalue weighted by Gasteiger charge is -2.29. The fraction of sp³-hybridized carbons (Fsp3) is 0.364.